The molecule has 3 heterocycles. The summed E-state index contributed by atoms with van der Waals surface area (Å²) in [5, 5.41) is 0.817. The van der Waals surface area contributed by atoms with E-state index in [-0.39, 0.29) is 61.8 Å². The van der Waals surface area contributed by atoms with Crippen molar-refractivity contribution in [2.75, 3.05) is 13.2 Å². The number of benzene rings is 1. The first kappa shape index (κ1) is 41.2. The molecule has 2 aromatic rings. The lowest BCUT2D eigenvalue weighted by molar-refractivity contribution is -0.197. The number of amides is 2. The first-order valence-corrected chi connectivity index (χ1v) is 22.3. The molecular weight excluding hydrogens is 804 g/mol. The SMILES string of the molecule is [2H]C([2H])([2H])C1(S(=O)(=O)NC(=O)[C@]23CC(=O)[C@@H]4C[C@@H](Oc5nccc6cc(OCC)c(F)cc56)CN4C(=O)[C@@H](CC(=O)OC(C)(C)C(C)(F)F)[C@H](CC)C[C@@H](C)CC/C=C\[C@@H]2C3)CC1. The van der Waals surface area contributed by atoms with Crippen LogP contribution >= 0.6 is 0 Å². The number of carbonyl (C=O) groups is 4. The number of rotatable bonds is 12. The Morgan fingerprint density at radius 2 is 1.87 bits per heavy atom. The number of fused-ring (bicyclic) bond motifs is 3. The van der Waals surface area contributed by atoms with Gasteiger partial charge in [0, 0.05) is 35.5 Å². The Morgan fingerprint density at radius 1 is 1.13 bits per heavy atom. The number of hydrogen-bond donors (Lipinski definition) is 1. The van der Waals surface area contributed by atoms with Crippen LogP contribution in [0.1, 0.15) is 117 Å². The largest absolute Gasteiger partial charge is 0.491 e. The quantitative estimate of drug-likeness (QED) is 0.168. The summed E-state index contributed by atoms with van der Waals surface area (Å²) in [7, 11) is -4.72. The zero-order valence-corrected chi connectivity index (χ0v) is 35.8. The molecule has 1 saturated heterocycles. The number of hydrogen-bond acceptors (Lipinski definition) is 10. The number of nitrogens with zero attached hydrogens (tertiary/aromatic N) is 2. The Kier molecular flexibility index (Phi) is 11.6. The van der Waals surface area contributed by atoms with Gasteiger partial charge in [-0.25, -0.2) is 26.6 Å². The van der Waals surface area contributed by atoms with Crippen LogP contribution in [-0.2, 0) is 33.9 Å². The molecular formula is C44H58F3N3O9S. The maximum absolute atomic E-state index is 15.2. The first-order chi connectivity index (χ1) is 29.3. The van der Waals surface area contributed by atoms with Crippen LogP contribution in [0.25, 0.3) is 10.8 Å². The highest BCUT2D eigenvalue weighted by Crippen LogP contribution is 2.58. The minimum Gasteiger partial charge on any atom is -0.491 e. The van der Waals surface area contributed by atoms with Gasteiger partial charge < -0.3 is 19.1 Å². The van der Waals surface area contributed by atoms with Crippen LogP contribution in [0.3, 0.4) is 0 Å². The molecule has 1 N–H and O–H groups in total. The van der Waals surface area contributed by atoms with E-state index in [9.17, 15) is 31.6 Å². The molecule has 2 saturated carbocycles. The predicted octanol–water partition coefficient (Wildman–Crippen LogP) is 7.47. The van der Waals surface area contributed by atoms with Crippen LogP contribution in [-0.4, -0.2) is 83.4 Å². The minimum atomic E-state index is -4.72. The molecule has 0 bridgehead atoms. The standard InChI is InChI=1S/C44H58F3N3O9S/c1-8-27-18-26(3)12-10-11-13-29-23-44(29,40(54)49-60(55,56)42(6)15-16-42)24-35(51)34-20-30(58-38-31-21-33(45)36(57-9-2)19-28(31)14-17-48-38)25-50(34)39(53)32(27)22-37(52)59-41(4,5)43(7,46)47/h11,13-14,17,19,21,26-27,29-30,32,34H,8-10,12,15-16,18,20,22-25H2,1-7H3,(H,49,54)/b13-11-/t26-,27+,29+,30+,32-,34-,44+/m0/s1/i6D3. The van der Waals surface area contributed by atoms with Crippen LogP contribution in [0.2, 0.25) is 0 Å². The Labute approximate surface area is 354 Å². The van der Waals surface area contributed by atoms with Gasteiger partial charge in [0.05, 0.1) is 41.7 Å². The van der Waals surface area contributed by atoms with Crippen molar-refractivity contribution in [2.45, 2.75) is 141 Å². The highest BCUT2D eigenvalue weighted by molar-refractivity contribution is 7.91. The summed E-state index contributed by atoms with van der Waals surface area (Å²) in [5.74, 6) is -9.54. The maximum atomic E-state index is 15.2. The van der Waals surface area contributed by atoms with Crippen molar-refractivity contribution in [1.82, 2.24) is 14.6 Å². The second-order valence-electron chi connectivity index (χ2n) is 17.8. The molecule has 12 nitrogen and oxygen atoms in total. The fraction of sp³-hybridized carbons (Fsp3) is 0.659. The molecule has 0 spiro atoms. The summed E-state index contributed by atoms with van der Waals surface area (Å²) in [6, 6.07) is 3.05. The number of carbonyl (C=O) groups excluding carboxylic acids is 4. The summed E-state index contributed by atoms with van der Waals surface area (Å²) >= 11 is 0. The van der Waals surface area contributed by atoms with E-state index >= 15 is 9.18 Å². The van der Waals surface area contributed by atoms with E-state index in [1.165, 1.54) is 23.2 Å². The van der Waals surface area contributed by atoms with Crippen molar-refractivity contribution in [1.29, 1.82) is 0 Å². The third-order valence-corrected chi connectivity index (χ3v) is 14.8. The number of ether oxygens (including phenoxy) is 3. The molecule has 6 rings (SSSR count). The van der Waals surface area contributed by atoms with Gasteiger partial charge in [-0.05, 0) is 107 Å². The molecule has 330 valence electrons. The van der Waals surface area contributed by atoms with Gasteiger partial charge in [0.25, 0.3) is 5.92 Å². The van der Waals surface area contributed by atoms with Crippen molar-refractivity contribution >= 4 is 44.4 Å². The predicted molar refractivity (Wildman–Crippen MR) is 217 cm³/mol. The Bertz CT molecular complexity index is 2250. The first-order valence-electron chi connectivity index (χ1n) is 22.3. The van der Waals surface area contributed by atoms with E-state index in [0.717, 1.165) is 13.8 Å². The van der Waals surface area contributed by atoms with E-state index < -0.39 is 111 Å². The number of aromatic nitrogens is 1. The van der Waals surface area contributed by atoms with Crippen LogP contribution < -0.4 is 14.2 Å². The van der Waals surface area contributed by atoms with Crippen molar-refractivity contribution in [3.05, 3.63) is 42.4 Å². The van der Waals surface area contributed by atoms with E-state index in [1.54, 1.807) is 19.1 Å². The van der Waals surface area contributed by atoms with Crippen LogP contribution in [0.4, 0.5) is 13.2 Å². The monoisotopic (exact) mass is 864 g/mol. The molecule has 0 unspecified atom stereocenters. The fourth-order valence-corrected chi connectivity index (χ4v) is 9.80. The number of sulfonamides is 1. The average molecular weight is 865 g/mol. The highest BCUT2D eigenvalue weighted by Gasteiger charge is 2.63. The van der Waals surface area contributed by atoms with E-state index in [2.05, 4.69) is 4.98 Å². The van der Waals surface area contributed by atoms with Crippen molar-refractivity contribution in [2.24, 2.45) is 29.1 Å². The summed E-state index contributed by atoms with van der Waals surface area (Å²) in [5.41, 5.74) is -3.80. The lowest BCUT2D eigenvalue weighted by Crippen LogP contribution is -2.49. The number of alkyl halides is 2. The normalized spacial score (nSPS) is 30.0. The van der Waals surface area contributed by atoms with Gasteiger partial charge in [-0.1, -0.05) is 32.4 Å². The maximum Gasteiger partial charge on any atom is 0.307 e. The number of allylic oxidation sites excluding steroid dienone is 2. The van der Waals surface area contributed by atoms with E-state index in [1.807, 2.05) is 24.6 Å². The zero-order chi connectivity index (χ0) is 46.5. The Morgan fingerprint density at radius 3 is 2.52 bits per heavy atom. The molecule has 2 aliphatic heterocycles. The highest BCUT2D eigenvalue weighted by atomic mass is 32.2. The van der Waals surface area contributed by atoms with Crippen LogP contribution in [0, 0.1) is 34.9 Å². The Balaban J connectivity index is 1.38. The average Bonchev–Trinajstić information content (AvgIpc) is 4.09. The molecule has 2 aliphatic carbocycles. The second kappa shape index (κ2) is 16.9. The number of halogens is 3. The molecule has 0 radical (unpaired) electrons. The molecule has 2 amide bonds. The van der Waals surface area contributed by atoms with Crippen LogP contribution in [0.5, 0.6) is 11.6 Å². The van der Waals surface area contributed by atoms with Gasteiger partial charge >= 0.3 is 5.97 Å². The number of ketones is 1. The van der Waals surface area contributed by atoms with Gasteiger partial charge in [0.1, 0.15) is 6.10 Å². The lowest BCUT2D eigenvalue weighted by Gasteiger charge is -2.35. The number of nitrogens with one attached hydrogen (secondary N) is 1. The van der Waals surface area contributed by atoms with E-state index in [0.29, 0.717) is 38.0 Å². The fourth-order valence-electron chi connectivity index (χ4n) is 8.51. The summed E-state index contributed by atoms with van der Waals surface area (Å²) in [6.45, 7) is 5.42. The lowest BCUT2D eigenvalue weighted by atomic mass is 9.79. The third-order valence-electron chi connectivity index (χ3n) is 12.9. The molecule has 60 heavy (non-hydrogen) atoms. The molecule has 16 heteroatoms. The number of esters is 1. The minimum absolute atomic E-state index is 0.00177. The smallest absolute Gasteiger partial charge is 0.307 e. The summed E-state index contributed by atoms with van der Waals surface area (Å²) < 4.78 is 112. The van der Waals surface area contributed by atoms with Gasteiger partial charge in [0.2, 0.25) is 27.7 Å². The molecule has 1 aromatic carbocycles. The number of Topliss-reactive ketones (excluding diaryl/α,β-unsaturated/α-hetero) is 1. The summed E-state index contributed by atoms with van der Waals surface area (Å²) in [4.78, 5) is 63.3. The van der Waals surface area contributed by atoms with Gasteiger partial charge in [-0.15, -0.1) is 0 Å². The molecule has 1 aromatic heterocycles. The van der Waals surface area contributed by atoms with Crippen molar-refractivity contribution in [3.63, 3.8) is 0 Å². The molecule has 7 atom stereocenters. The van der Waals surface area contributed by atoms with E-state index in [4.69, 9.17) is 18.3 Å². The van der Waals surface area contributed by atoms with Gasteiger partial charge in [0.15, 0.2) is 23.0 Å². The summed E-state index contributed by atoms with van der Waals surface area (Å²) in [6.07, 6.45) is 4.68. The topological polar surface area (TPSA) is 158 Å². The van der Waals surface area contributed by atoms with Gasteiger partial charge in [-0.2, -0.15) is 0 Å². The van der Waals surface area contributed by atoms with Crippen LogP contribution in [0.15, 0.2) is 36.5 Å². The second-order valence-corrected chi connectivity index (χ2v) is 19.8. The van der Waals surface area contributed by atoms with Gasteiger partial charge in [-0.3, -0.25) is 23.9 Å². The number of pyridine rings is 1. The van der Waals surface area contributed by atoms with Crippen molar-refractivity contribution in [3.8, 4) is 11.6 Å². The van der Waals surface area contributed by atoms with Crippen molar-refractivity contribution < 1.29 is 59.1 Å². The third kappa shape index (κ3) is 9.32. The molecule has 4 aliphatic rings. The Hall–Kier alpha value is -4.21. The zero-order valence-electron chi connectivity index (χ0n) is 38.0. The molecule has 3 fully saturated rings.